The highest BCUT2D eigenvalue weighted by molar-refractivity contribution is 5.90. The molecule has 2 rings (SSSR count). The van der Waals surface area contributed by atoms with Crippen molar-refractivity contribution in [2.45, 2.75) is 13.8 Å². The number of benzene rings is 1. The zero-order chi connectivity index (χ0) is 15.4. The van der Waals surface area contributed by atoms with E-state index < -0.39 is 5.97 Å². The number of hydrogen-bond acceptors (Lipinski definition) is 4. The van der Waals surface area contributed by atoms with Crippen LogP contribution in [0.1, 0.15) is 28.7 Å². The van der Waals surface area contributed by atoms with Crippen molar-refractivity contribution in [3.05, 3.63) is 47.3 Å². The maximum absolute atomic E-state index is 12.1. The SMILES string of the molecule is CCOC(=O)c1c(C)cc(C#N)n1-c1ccc(OC)cc1. The topological polar surface area (TPSA) is 64.2 Å². The van der Waals surface area contributed by atoms with E-state index in [1.807, 2.05) is 0 Å². The average Bonchev–Trinajstić information content (AvgIpc) is 2.84. The largest absolute Gasteiger partial charge is 0.497 e. The summed E-state index contributed by atoms with van der Waals surface area (Å²) in [6.07, 6.45) is 0. The van der Waals surface area contributed by atoms with E-state index in [2.05, 4.69) is 6.07 Å². The van der Waals surface area contributed by atoms with Gasteiger partial charge in [-0.1, -0.05) is 0 Å². The van der Waals surface area contributed by atoms with Crippen LogP contribution in [0.2, 0.25) is 0 Å². The number of aromatic nitrogens is 1. The van der Waals surface area contributed by atoms with Crippen molar-refractivity contribution in [3.8, 4) is 17.5 Å². The first-order valence-corrected chi connectivity index (χ1v) is 6.56. The maximum atomic E-state index is 12.1. The van der Waals surface area contributed by atoms with Gasteiger partial charge in [-0.05, 0) is 49.7 Å². The number of nitrogens with zero attached hydrogens (tertiary/aromatic N) is 2. The number of ether oxygens (including phenoxy) is 2. The van der Waals surface area contributed by atoms with Crippen molar-refractivity contribution in [1.82, 2.24) is 4.57 Å². The van der Waals surface area contributed by atoms with Crippen LogP contribution in [-0.4, -0.2) is 24.3 Å². The molecule has 21 heavy (non-hydrogen) atoms. The summed E-state index contributed by atoms with van der Waals surface area (Å²) in [4.78, 5) is 12.1. The molecule has 0 saturated heterocycles. The van der Waals surface area contributed by atoms with Crippen LogP contribution in [0.25, 0.3) is 5.69 Å². The van der Waals surface area contributed by atoms with Crippen LogP contribution < -0.4 is 4.74 Å². The molecule has 5 heteroatoms. The van der Waals surface area contributed by atoms with E-state index in [0.29, 0.717) is 28.4 Å². The molecule has 1 aromatic heterocycles. The van der Waals surface area contributed by atoms with Crippen LogP contribution >= 0.6 is 0 Å². The van der Waals surface area contributed by atoms with Gasteiger partial charge in [0.15, 0.2) is 0 Å². The Kier molecular flexibility index (Phi) is 4.29. The summed E-state index contributed by atoms with van der Waals surface area (Å²) in [5.41, 5.74) is 2.18. The molecule has 108 valence electrons. The molecule has 0 N–H and O–H groups in total. The number of carbonyl (C=O) groups is 1. The lowest BCUT2D eigenvalue weighted by atomic mass is 10.2. The molecule has 0 spiro atoms. The monoisotopic (exact) mass is 284 g/mol. The van der Waals surface area contributed by atoms with Crippen molar-refractivity contribution in [3.63, 3.8) is 0 Å². The number of hydrogen-bond donors (Lipinski definition) is 0. The van der Waals surface area contributed by atoms with E-state index in [-0.39, 0.29) is 6.61 Å². The zero-order valence-electron chi connectivity index (χ0n) is 12.2. The predicted molar refractivity (Wildman–Crippen MR) is 77.7 cm³/mol. The summed E-state index contributed by atoms with van der Waals surface area (Å²) in [6, 6.07) is 10.9. The number of methoxy groups -OCH3 is 1. The predicted octanol–water partition coefficient (Wildman–Crippen LogP) is 2.84. The molecule has 1 aromatic carbocycles. The maximum Gasteiger partial charge on any atom is 0.355 e. The molecule has 1 heterocycles. The Hall–Kier alpha value is -2.74. The van der Waals surface area contributed by atoms with Gasteiger partial charge in [-0.2, -0.15) is 5.26 Å². The van der Waals surface area contributed by atoms with E-state index in [0.717, 1.165) is 0 Å². The molecule has 2 aromatic rings. The van der Waals surface area contributed by atoms with Gasteiger partial charge in [-0.3, -0.25) is 4.57 Å². The fourth-order valence-corrected chi connectivity index (χ4v) is 2.17. The molecule has 0 atom stereocenters. The van der Waals surface area contributed by atoms with Gasteiger partial charge in [0.05, 0.1) is 13.7 Å². The summed E-state index contributed by atoms with van der Waals surface area (Å²) in [6.45, 7) is 3.82. The Bertz CT molecular complexity index is 694. The molecule has 0 aliphatic carbocycles. The van der Waals surface area contributed by atoms with Gasteiger partial charge in [-0.25, -0.2) is 4.79 Å². The van der Waals surface area contributed by atoms with Gasteiger partial charge >= 0.3 is 5.97 Å². The van der Waals surface area contributed by atoms with Crippen LogP contribution in [-0.2, 0) is 4.74 Å². The second-order valence-corrected chi connectivity index (χ2v) is 4.43. The summed E-state index contributed by atoms with van der Waals surface area (Å²) in [7, 11) is 1.58. The van der Waals surface area contributed by atoms with E-state index in [4.69, 9.17) is 9.47 Å². The molecular formula is C16H16N2O3. The molecular weight excluding hydrogens is 268 g/mol. The summed E-state index contributed by atoms with van der Waals surface area (Å²) < 4.78 is 11.8. The minimum atomic E-state index is -0.438. The normalized spacial score (nSPS) is 10.0. The van der Waals surface area contributed by atoms with Gasteiger partial charge in [0.25, 0.3) is 0 Å². The molecule has 0 bridgehead atoms. The number of rotatable bonds is 4. The minimum Gasteiger partial charge on any atom is -0.497 e. The number of nitriles is 1. The third-order valence-electron chi connectivity index (χ3n) is 3.11. The van der Waals surface area contributed by atoms with Crippen LogP contribution in [0, 0.1) is 18.3 Å². The molecule has 0 fully saturated rings. The number of aryl methyl sites for hydroxylation is 1. The smallest absolute Gasteiger partial charge is 0.355 e. The third-order valence-corrected chi connectivity index (χ3v) is 3.11. The molecule has 0 amide bonds. The lowest BCUT2D eigenvalue weighted by Crippen LogP contribution is -2.13. The standard InChI is InChI=1S/C16H16N2O3/c1-4-21-16(19)15-11(2)9-13(10-17)18(15)12-5-7-14(20-3)8-6-12/h5-9H,4H2,1-3H3. The van der Waals surface area contributed by atoms with Gasteiger partial charge in [-0.15, -0.1) is 0 Å². The highest BCUT2D eigenvalue weighted by Crippen LogP contribution is 2.23. The lowest BCUT2D eigenvalue weighted by molar-refractivity contribution is 0.0516. The van der Waals surface area contributed by atoms with E-state index in [9.17, 15) is 10.1 Å². The summed E-state index contributed by atoms with van der Waals surface area (Å²) in [5, 5.41) is 9.28. The minimum absolute atomic E-state index is 0.286. The summed E-state index contributed by atoms with van der Waals surface area (Å²) in [5.74, 6) is 0.270. The fraction of sp³-hybridized carbons (Fsp3) is 0.250. The quantitative estimate of drug-likeness (QED) is 0.810. The number of esters is 1. The second-order valence-electron chi connectivity index (χ2n) is 4.43. The van der Waals surface area contributed by atoms with Gasteiger partial charge < -0.3 is 9.47 Å². The third kappa shape index (κ3) is 2.75. The van der Waals surface area contributed by atoms with E-state index >= 15 is 0 Å². The Morgan fingerprint density at radius 2 is 2.00 bits per heavy atom. The summed E-state index contributed by atoms with van der Waals surface area (Å²) >= 11 is 0. The van der Waals surface area contributed by atoms with Crippen molar-refractivity contribution >= 4 is 5.97 Å². The highest BCUT2D eigenvalue weighted by atomic mass is 16.5. The molecule has 0 aliphatic heterocycles. The zero-order valence-corrected chi connectivity index (χ0v) is 12.2. The lowest BCUT2D eigenvalue weighted by Gasteiger charge is -2.11. The Morgan fingerprint density at radius 1 is 1.33 bits per heavy atom. The van der Waals surface area contributed by atoms with Crippen molar-refractivity contribution in [1.29, 1.82) is 5.26 Å². The van der Waals surface area contributed by atoms with Gasteiger partial charge in [0.1, 0.15) is 23.2 Å². The van der Waals surface area contributed by atoms with Crippen LogP contribution in [0.5, 0.6) is 5.75 Å². The molecule has 0 unspecified atom stereocenters. The average molecular weight is 284 g/mol. The second kappa shape index (κ2) is 6.14. The first-order chi connectivity index (χ1) is 10.1. The van der Waals surface area contributed by atoms with Crippen LogP contribution in [0.4, 0.5) is 0 Å². The first-order valence-electron chi connectivity index (χ1n) is 6.56. The van der Waals surface area contributed by atoms with Crippen LogP contribution in [0.15, 0.2) is 30.3 Å². The van der Waals surface area contributed by atoms with E-state index in [1.54, 1.807) is 55.9 Å². The van der Waals surface area contributed by atoms with Gasteiger partial charge in [0.2, 0.25) is 0 Å². The van der Waals surface area contributed by atoms with Crippen LogP contribution in [0.3, 0.4) is 0 Å². The van der Waals surface area contributed by atoms with Crippen molar-refractivity contribution in [2.75, 3.05) is 13.7 Å². The molecule has 0 radical (unpaired) electrons. The highest BCUT2D eigenvalue weighted by Gasteiger charge is 2.21. The molecule has 0 saturated carbocycles. The Morgan fingerprint density at radius 3 is 2.52 bits per heavy atom. The number of carbonyl (C=O) groups excluding carboxylic acids is 1. The first kappa shape index (κ1) is 14.7. The molecule has 5 nitrogen and oxygen atoms in total. The van der Waals surface area contributed by atoms with Gasteiger partial charge in [0, 0.05) is 5.69 Å². The van der Waals surface area contributed by atoms with Crippen molar-refractivity contribution in [2.24, 2.45) is 0 Å². The fourth-order valence-electron chi connectivity index (χ4n) is 2.17. The molecule has 0 aliphatic rings. The van der Waals surface area contributed by atoms with Crippen molar-refractivity contribution < 1.29 is 14.3 Å². The van der Waals surface area contributed by atoms with E-state index in [1.165, 1.54) is 0 Å². The Labute approximate surface area is 123 Å². The Balaban J connectivity index is 2.59.